The zero-order valence-electron chi connectivity index (χ0n) is 9.88. The number of hydrogen-bond acceptors (Lipinski definition) is 4. The van der Waals surface area contributed by atoms with E-state index in [1.54, 1.807) is 19.4 Å². The Morgan fingerprint density at radius 2 is 1.94 bits per heavy atom. The molecular weight excluding hydrogens is 230 g/mol. The SMILES string of the molecule is COc1ccc(Nc2cncc(C(N)=O)c2)cc1. The molecule has 0 atom stereocenters. The molecule has 2 aromatic rings. The molecular formula is C13H13N3O2. The van der Waals surface area contributed by atoms with Crippen molar-refractivity contribution in [2.45, 2.75) is 0 Å². The van der Waals surface area contributed by atoms with E-state index in [4.69, 9.17) is 10.5 Å². The minimum absolute atomic E-state index is 0.369. The third kappa shape index (κ3) is 2.76. The fourth-order valence-corrected chi connectivity index (χ4v) is 1.48. The molecule has 0 bridgehead atoms. The van der Waals surface area contributed by atoms with Gasteiger partial charge in [-0.3, -0.25) is 9.78 Å². The highest BCUT2D eigenvalue weighted by atomic mass is 16.5. The fourth-order valence-electron chi connectivity index (χ4n) is 1.48. The molecule has 2 rings (SSSR count). The summed E-state index contributed by atoms with van der Waals surface area (Å²) in [6, 6.07) is 9.08. The second-order valence-electron chi connectivity index (χ2n) is 3.68. The number of anilines is 2. The maximum Gasteiger partial charge on any atom is 0.250 e. The quantitative estimate of drug-likeness (QED) is 0.860. The normalized spacial score (nSPS) is 9.83. The molecule has 5 nitrogen and oxygen atoms in total. The summed E-state index contributed by atoms with van der Waals surface area (Å²) in [5.74, 6) is 0.283. The van der Waals surface area contributed by atoms with Crippen LogP contribution in [0.5, 0.6) is 5.75 Å². The standard InChI is InChI=1S/C13H13N3O2/c1-18-12-4-2-10(3-5-12)16-11-6-9(13(14)17)7-15-8-11/h2-8,16H,1H3,(H2,14,17). The third-order valence-electron chi connectivity index (χ3n) is 2.40. The van der Waals surface area contributed by atoms with Crippen LogP contribution in [0.25, 0.3) is 0 Å². The van der Waals surface area contributed by atoms with Gasteiger partial charge in [-0.1, -0.05) is 0 Å². The number of nitrogens with one attached hydrogen (secondary N) is 1. The molecule has 0 aliphatic carbocycles. The maximum absolute atomic E-state index is 11.0. The molecule has 1 aromatic heterocycles. The summed E-state index contributed by atoms with van der Waals surface area (Å²) < 4.78 is 5.07. The first-order valence-electron chi connectivity index (χ1n) is 5.35. The highest BCUT2D eigenvalue weighted by molar-refractivity contribution is 5.93. The molecule has 1 aromatic carbocycles. The van der Waals surface area contributed by atoms with Gasteiger partial charge in [0.1, 0.15) is 5.75 Å². The van der Waals surface area contributed by atoms with E-state index in [0.29, 0.717) is 11.3 Å². The number of rotatable bonds is 4. The van der Waals surface area contributed by atoms with Crippen molar-refractivity contribution in [2.24, 2.45) is 5.73 Å². The van der Waals surface area contributed by atoms with Gasteiger partial charge < -0.3 is 15.8 Å². The lowest BCUT2D eigenvalue weighted by Crippen LogP contribution is -2.11. The van der Waals surface area contributed by atoms with Crippen molar-refractivity contribution >= 4 is 17.3 Å². The molecule has 0 unspecified atom stereocenters. The van der Waals surface area contributed by atoms with Gasteiger partial charge in [-0.15, -0.1) is 0 Å². The number of hydrogen-bond donors (Lipinski definition) is 2. The van der Waals surface area contributed by atoms with Crippen LogP contribution in [0.2, 0.25) is 0 Å². The summed E-state index contributed by atoms with van der Waals surface area (Å²) in [5, 5.41) is 3.12. The Morgan fingerprint density at radius 3 is 2.56 bits per heavy atom. The molecule has 1 amide bonds. The van der Waals surface area contributed by atoms with Crippen molar-refractivity contribution in [1.29, 1.82) is 0 Å². The number of benzene rings is 1. The average Bonchev–Trinajstić information content (AvgIpc) is 2.40. The number of amides is 1. The third-order valence-corrected chi connectivity index (χ3v) is 2.40. The molecule has 0 fully saturated rings. The van der Waals surface area contributed by atoms with Gasteiger partial charge in [0.05, 0.1) is 24.6 Å². The zero-order valence-corrected chi connectivity index (χ0v) is 9.88. The average molecular weight is 243 g/mol. The van der Waals surface area contributed by atoms with E-state index < -0.39 is 5.91 Å². The van der Waals surface area contributed by atoms with Crippen LogP contribution in [0.3, 0.4) is 0 Å². The number of methoxy groups -OCH3 is 1. The van der Waals surface area contributed by atoms with Crippen LogP contribution in [-0.4, -0.2) is 18.0 Å². The molecule has 0 spiro atoms. The van der Waals surface area contributed by atoms with Gasteiger partial charge in [0, 0.05) is 11.9 Å². The Morgan fingerprint density at radius 1 is 1.22 bits per heavy atom. The summed E-state index contributed by atoms with van der Waals surface area (Å²) in [6.07, 6.45) is 3.05. The molecule has 3 N–H and O–H groups in total. The minimum atomic E-state index is -0.499. The lowest BCUT2D eigenvalue weighted by atomic mass is 10.2. The largest absolute Gasteiger partial charge is 0.497 e. The second-order valence-corrected chi connectivity index (χ2v) is 3.68. The van der Waals surface area contributed by atoms with Gasteiger partial charge in [0.2, 0.25) is 5.91 Å². The summed E-state index contributed by atoms with van der Waals surface area (Å²) >= 11 is 0. The van der Waals surface area contributed by atoms with E-state index in [9.17, 15) is 4.79 Å². The van der Waals surface area contributed by atoms with Crippen molar-refractivity contribution in [2.75, 3.05) is 12.4 Å². The Bertz CT molecular complexity index is 552. The van der Waals surface area contributed by atoms with Gasteiger partial charge in [-0.05, 0) is 30.3 Å². The van der Waals surface area contributed by atoms with Gasteiger partial charge in [0.25, 0.3) is 0 Å². The van der Waals surface area contributed by atoms with Gasteiger partial charge in [-0.2, -0.15) is 0 Å². The molecule has 0 saturated heterocycles. The first-order chi connectivity index (χ1) is 8.69. The second kappa shape index (κ2) is 5.18. The van der Waals surface area contributed by atoms with Crippen molar-refractivity contribution in [3.63, 3.8) is 0 Å². The number of carbonyl (C=O) groups is 1. The topological polar surface area (TPSA) is 77.2 Å². The Balaban J connectivity index is 2.17. The van der Waals surface area contributed by atoms with E-state index in [1.807, 2.05) is 24.3 Å². The highest BCUT2D eigenvalue weighted by Gasteiger charge is 2.02. The first-order valence-corrected chi connectivity index (χ1v) is 5.35. The lowest BCUT2D eigenvalue weighted by molar-refractivity contribution is 0.1000. The molecule has 18 heavy (non-hydrogen) atoms. The number of carbonyl (C=O) groups excluding carboxylic acids is 1. The van der Waals surface area contributed by atoms with Crippen LogP contribution in [0, 0.1) is 0 Å². The van der Waals surface area contributed by atoms with E-state index in [2.05, 4.69) is 10.3 Å². The van der Waals surface area contributed by atoms with E-state index >= 15 is 0 Å². The van der Waals surface area contributed by atoms with Crippen LogP contribution < -0.4 is 15.8 Å². The number of ether oxygens (including phenoxy) is 1. The molecule has 0 saturated carbocycles. The van der Waals surface area contributed by atoms with E-state index in [0.717, 1.165) is 11.4 Å². The predicted octanol–water partition coefficient (Wildman–Crippen LogP) is 1.93. The van der Waals surface area contributed by atoms with Crippen LogP contribution >= 0.6 is 0 Å². The fraction of sp³-hybridized carbons (Fsp3) is 0.0769. The van der Waals surface area contributed by atoms with E-state index in [-0.39, 0.29) is 0 Å². The van der Waals surface area contributed by atoms with E-state index in [1.165, 1.54) is 6.20 Å². The first kappa shape index (κ1) is 11.9. The summed E-state index contributed by atoms with van der Waals surface area (Å²) in [5.41, 5.74) is 7.14. The molecule has 0 radical (unpaired) electrons. The minimum Gasteiger partial charge on any atom is -0.497 e. The zero-order chi connectivity index (χ0) is 13.0. The summed E-state index contributed by atoms with van der Waals surface area (Å²) in [6.45, 7) is 0. The van der Waals surface area contributed by atoms with Crippen LogP contribution in [0.1, 0.15) is 10.4 Å². The Hall–Kier alpha value is -2.56. The molecule has 92 valence electrons. The van der Waals surface area contributed by atoms with Crippen molar-refractivity contribution in [3.8, 4) is 5.75 Å². The van der Waals surface area contributed by atoms with Crippen LogP contribution in [-0.2, 0) is 0 Å². The molecule has 5 heteroatoms. The van der Waals surface area contributed by atoms with Gasteiger partial charge in [-0.25, -0.2) is 0 Å². The Kier molecular flexibility index (Phi) is 3.43. The summed E-state index contributed by atoms with van der Waals surface area (Å²) in [4.78, 5) is 15.0. The molecule has 1 heterocycles. The smallest absolute Gasteiger partial charge is 0.250 e. The van der Waals surface area contributed by atoms with Gasteiger partial charge in [0.15, 0.2) is 0 Å². The summed E-state index contributed by atoms with van der Waals surface area (Å²) in [7, 11) is 1.61. The molecule has 0 aliphatic heterocycles. The van der Waals surface area contributed by atoms with Crippen LogP contribution in [0.4, 0.5) is 11.4 Å². The highest BCUT2D eigenvalue weighted by Crippen LogP contribution is 2.19. The Labute approximate surface area is 105 Å². The van der Waals surface area contributed by atoms with Crippen LogP contribution in [0.15, 0.2) is 42.7 Å². The maximum atomic E-state index is 11.0. The van der Waals surface area contributed by atoms with Crippen molar-refractivity contribution < 1.29 is 9.53 Å². The molecule has 0 aliphatic rings. The number of primary amides is 1. The van der Waals surface area contributed by atoms with Gasteiger partial charge >= 0.3 is 0 Å². The number of aromatic nitrogens is 1. The number of nitrogens with two attached hydrogens (primary N) is 1. The van der Waals surface area contributed by atoms with Crippen molar-refractivity contribution in [1.82, 2.24) is 4.98 Å². The lowest BCUT2D eigenvalue weighted by Gasteiger charge is -2.07. The number of nitrogens with zero attached hydrogens (tertiary/aromatic N) is 1. The van der Waals surface area contributed by atoms with Crippen molar-refractivity contribution in [3.05, 3.63) is 48.3 Å². The monoisotopic (exact) mass is 243 g/mol. The number of pyridine rings is 1. The predicted molar refractivity (Wildman–Crippen MR) is 69.0 cm³/mol.